The van der Waals surface area contributed by atoms with Gasteiger partial charge in [-0.25, -0.2) is 0 Å². The number of allylic oxidation sites excluding steroid dienone is 2. The van der Waals surface area contributed by atoms with Crippen molar-refractivity contribution in [1.29, 1.82) is 0 Å². The Balaban J connectivity index is 1.17. The lowest BCUT2D eigenvalue weighted by molar-refractivity contribution is -0.133. The van der Waals surface area contributed by atoms with Crippen molar-refractivity contribution >= 4 is 40.6 Å². The fourth-order valence-electron chi connectivity index (χ4n) is 9.54. The number of benzene rings is 2. The number of hydrogen-bond donors (Lipinski definition) is 1. The van der Waals surface area contributed by atoms with Gasteiger partial charge in [0.05, 0.1) is 14.2 Å². The van der Waals surface area contributed by atoms with Crippen LogP contribution < -0.4 is 9.47 Å². The minimum Gasteiger partial charge on any atom is -0.497 e. The number of ketones is 3. The van der Waals surface area contributed by atoms with Gasteiger partial charge < -0.3 is 14.6 Å². The molecule has 8 nitrogen and oxygen atoms in total. The summed E-state index contributed by atoms with van der Waals surface area (Å²) in [5, 5.41) is 10.2. The van der Waals surface area contributed by atoms with Gasteiger partial charge in [0.1, 0.15) is 28.4 Å². The first kappa shape index (κ1) is 40.6. The monoisotopic (exact) mass is 778 g/mol. The van der Waals surface area contributed by atoms with Crippen molar-refractivity contribution in [3.63, 3.8) is 0 Å². The fraction of sp³-hybridized carbons (Fsp3) is 0.568. The van der Waals surface area contributed by atoms with E-state index in [0.29, 0.717) is 58.0 Å². The van der Waals surface area contributed by atoms with Gasteiger partial charge >= 0.3 is 0 Å². The first-order chi connectivity index (χ1) is 25.7. The van der Waals surface area contributed by atoms with Crippen LogP contribution in [-0.4, -0.2) is 99.6 Å². The molecule has 1 N–H and O–H groups in total. The third-order valence-electron chi connectivity index (χ3n) is 12.8. The normalized spacial score (nSPS) is 29.2. The maximum atomic E-state index is 13.8. The van der Waals surface area contributed by atoms with Crippen molar-refractivity contribution in [3.05, 3.63) is 82.0 Å². The van der Waals surface area contributed by atoms with E-state index in [2.05, 4.69) is 37.5 Å². The van der Waals surface area contributed by atoms with Gasteiger partial charge in [-0.2, -0.15) is 0 Å². The highest BCUT2D eigenvalue weighted by Crippen LogP contribution is 2.49. The lowest BCUT2D eigenvalue weighted by Gasteiger charge is -2.49. The van der Waals surface area contributed by atoms with Gasteiger partial charge in [-0.3, -0.25) is 24.2 Å². The summed E-state index contributed by atoms with van der Waals surface area (Å²) in [5.41, 5.74) is 6.09. The Morgan fingerprint density at radius 1 is 0.722 bits per heavy atom. The number of ether oxygens (including phenoxy) is 2. The van der Waals surface area contributed by atoms with E-state index in [1.807, 2.05) is 48.5 Å². The summed E-state index contributed by atoms with van der Waals surface area (Å²) in [4.78, 5) is 45.8. The number of carbonyl (C=O) groups is 3. The Bertz CT molecular complexity index is 1780. The molecule has 54 heavy (non-hydrogen) atoms. The lowest BCUT2D eigenvalue weighted by atomic mass is 9.76. The van der Waals surface area contributed by atoms with Crippen molar-refractivity contribution in [1.82, 2.24) is 9.80 Å². The molecule has 0 saturated carbocycles. The average Bonchev–Trinajstić information content (AvgIpc) is 3.74. The number of rotatable bonds is 13. The standard InChI is InChI=1S/C44H56Cl2N2O6/c1-27(2)31-21-43(23-39(51)41(45)35(47(43)25-31)19-29-7-11-33(53-5)12-8-29)17-15-37(49)38(50)16-18-44-22-32(28(3)4)26-48(44)36(42(46)40(52)24-44)20-30-9-13-34(54-6)14-10-30/h7-14,35-37,41-42,49H,15-26H2,1-6H3/t35-,36-,37?,41-,42-,43+,44+/m0/s1. The molecule has 0 bridgehead atoms. The molecule has 2 aromatic rings. The summed E-state index contributed by atoms with van der Waals surface area (Å²) >= 11 is 13.8. The van der Waals surface area contributed by atoms with Crippen LogP contribution in [0.4, 0.5) is 0 Å². The average molecular weight is 780 g/mol. The number of methoxy groups -OCH3 is 2. The topological polar surface area (TPSA) is 96.4 Å². The number of halogens is 2. The molecular formula is C44H56Cl2N2O6. The molecule has 4 aliphatic heterocycles. The number of alkyl halides is 2. The zero-order valence-corrected chi connectivity index (χ0v) is 34.1. The number of aliphatic hydroxyl groups excluding tert-OH is 1. The van der Waals surface area contributed by atoms with Gasteiger partial charge in [-0.15, -0.1) is 23.2 Å². The number of Topliss-reactive ketones (excluding diaryl/α,β-unsaturated/α-hetero) is 3. The fourth-order valence-corrected chi connectivity index (χ4v) is 10.1. The molecule has 6 rings (SSSR count). The number of hydrogen-bond acceptors (Lipinski definition) is 8. The summed E-state index contributed by atoms with van der Waals surface area (Å²) in [6, 6.07) is 15.3. The molecule has 2 aromatic carbocycles. The van der Waals surface area contributed by atoms with E-state index < -0.39 is 27.9 Å². The lowest BCUT2D eigenvalue weighted by Crippen LogP contribution is -2.61. The highest BCUT2D eigenvalue weighted by Gasteiger charge is 2.56. The van der Waals surface area contributed by atoms with E-state index in [9.17, 15) is 19.5 Å². The molecule has 0 radical (unpaired) electrons. The molecule has 292 valence electrons. The van der Waals surface area contributed by atoms with E-state index in [1.165, 1.54) is 22.3 Å². The third kappa shape index (κ3) is 8.24. The van der Waals surface area contributed by atoms with Crippen molar-refractivity contribution in [2.24, 2.45) is 0 Å². The number of nitrogens with zero attached hydrogens (tertiary/aromatic N) is 2. The predicted octanol–water partition coefficient (Wildman–Crippen LogP) is 7.44. The van der Waals surface area contributed by atoms with Gasteiger partial charge in [-0.05, 0) is 108 Å². The maximum absolute atomic E-state index is 13.8. The Morgan fingerprint density at radius 2 is 1.13 bits per heavy atom. The highest BCUT2D eigenvalue weighted by atomic mass is 35.5. The smallest absolute Gasteiger partial charge is 0.161 e. The second kappa shape index (κ2) is 16.6. The second-order valence-electron chi connectivity index (χ2n) is 16.6. The minimum atomic E-state index is -1.18. The molecule has 0 aliphatic carbocycles. The van der Waals surface area contributed by atoms with Crippen molar-refractivity contribution in [2.75, 3.05) is 27.3 Å². The summed E-state index contributed by atoms with van der Waals surface area (Å²) in [5.74, 6) is 1.34. The number of piperidine rings is 2. The van der Waals surface area contributed by atoms with Crippen LogP contribution in [0.3, 0.4) is 0 Å². The molecule has 4 aliphatic rings. The Kier molecular flexibility index (Phi) is 12.5. The third-order valence-corrected chi connectivity index (χ3v) is 13.9. The minimum absolute atomic E-state index is 0.00805. The van der Waals surface area contributed by atoms with Crippen LogP contribution in [0.2, 0.25) is 0 Å². The summed E-state index contributed by atoms with van der Waals surface area (Å²) in [6.07, 6.45) is 3.39. The van der Waals surface area contributed by atoms with Gasteiger partial charge in [0.25, 0.3) is 0 Å². The summed E-state index contributed by atoms with van der Waals surface area (Å²) < 4.78 is 10.7. The van der Waals surface area contributed by atoms with E-state index in [1.54, 1.807) is 14.2 Å². The van der Waals surface area contributed by atoms with E-state index in [4.69, 9.17) is 32.7 Å². The quantitative estimate of drug-likeness (QED) is 0.166. The van der Waals surface area contributed by atoms with Crippen LogP contribution >= 0.6 is 23.2 Å². The van der Waals surface area contributed by atoms with Crippen LogP contribution in [0.15, 0.2) is 70.8 Å². The Morgan fingerprint density at radius 3 is 1.52 bits per heavy atom. The largest absolute Gasteiger partial charge is 0.497 e. The molecule has 7 atom stereocenters. The summed E-state index contributed by atoms with van der Waals surface area (Å²) in [6.45, 7) is 9.83. The van der Waals surface area contributed by atoms with Gasteiger partial charge in [0.15, 0.2) is 17.3 Å². The molecule has 0 spiro atoms. The molecule has 4 saturated heterocycles. The molecule has 0 amide bonds. The van der Waals surface area contributed by atoms with Crippen LogP contribution in [0, 0.1) is 0 Å². The van der Waals surface area contributed by atoms with Crippen LogP contribution in [0.1, 0.15) is 90.2 Å². The number of aliphatic hydroxyl groups is 1. The Hall–Kier alpha value is -3.01. The zero-order chi connectivity index (χ0) is 38.9. The van der Waals surface area contributed by atoms with E-state index in [-0.39, 0.29) is 48.7 Å². The highest BCUT2D eigenvalue weighted by molar-refractivity contribution is 6.32. The van der Waals surface area contributed by atoms with Crippen LogP contribution in [0.25, 0.3) is 0 Å². The first-order valence-corrected chi connectivity index (χ1v) is 20.2. The predicted molar refractivity (Wildman–Crippen MR) is 214 cm³/mol. The van der Waals surface area contributed by atoms with Crippen molar-refractivity contribution < 1.29 is 29.0 Å². The first-order valence-electron chi connectivity index (χ1n) is 19.3. The molecule has 1 unspecified atom stereocenters. The van der Waals surface area contributed by atoms with Gasteiger partial charge in [0, 0.05) is 55.5 Å². The van der Waals surface area contributed by atoms with Crippen LogP contribution in [0.5, 0.6) is 11.5 Å². The van der Waals surface area contributed by atoms with E-state index >= 15 is 0 Å². The SMILES string of the molecule is COc1ccc(C[C@H]2[C@H](Cl)C(=O)C[C@@]3(CCC(=O)C(O)CC[C@@]45CC(=O)[C@@H](Cl)[C@H](Cc6ccc(OC)cc6)N4CC(=C(C)C)C5)CC(=C(C)C)CN23)cc1. The van der Waals surface area contributed by atoms with Crippen molar-refractivity contribution in [2.45, 2.75) is 132 Å². The number of carbonyl (C=O) groups excluding carboxylic acids is 3. The van der Waals surface area contributed by atoms with Gasteiger partial charge in [0.2, 0.25) is 0 Å². The molecule has 10 heteroatoms. The number of fused-ring (bicyclic) bond motifs is 2. The maximum Gasteiger partial charge on any atom is 0.161 e. The van der Waals surface area contributed by atoms with Crippen LogP contribution in [-0.2, 0) is 27.2 Å². The van der Waals surface area contributed by atoms with Gasteiger partial charge in [-0.1, -0.05) is 46.6 Å². The van der Waals surface area contributed by atoms with E-state index in [0.717, 1.165) is 22.6 Å². The summed E-state index contributed by atoms with van der Waals surface area (Å²) in [7, 11) is 3.27. The molecule has 0 aromatic heterocycles. The van der Waals surface area contributed by atoms with Crippen molar-refractivity contribution in [3.8, 4) is 11.5 Å². The Labute approximate surface area is 330 Å². The zero-order valence-electron chi connectivity index (χ0n) is 32.6. The molecule has 4 fully saturated rings. The molecular weight excluding hydrogens is 723 g/mol. The molecule has 4 heterocycles. The second-order valence-corrected chi connectivity index (χ2v) is 17.6.